The Balaban J connectivity index is 0.000000606. The molecule has 0 atom stereocenters. The quantitative estimate of drug-likeness (QED) is 0.426. The molecule has 2 nitrogen and oxygen atoms in total. The molecule has 2 heterocycles. The largest absolute Gasteiger partial charge is 0.341 e. The predicted molar refractivity (Wildman–Crippen MR) is 133 cm³/mol. The SMILES string of the molecule is CC.CC.CCN1c2ccccc2C2=CCC(c3ccccc3)=Nc3cccc1c32. The van der Waals surface area contributed by atoms with Crippen LogP contribution in [0.25, 0.3) is 5.57 Å². The van der Waals surface area contributed by atoms with Crippen LogP contribution in [-0.2, 0) is 0 Å². The fraction of sp³-hybridized carbons (Fsp3) is 0.250. The summed E-state index contributed by atoms with van der Waals surface area (Å²) in [6.45, 7) is 11.1. The van der Waals surface area contributed by atoms with Gasteiger partial charge in [-0.05, 0) is 36.3 Å². The summed E-state index contributed by atoms with van der Waals surface area (Å²) < 4.78 is 0. The Morgan fingerprint density at radius 1 is 0.767 bits per heavy atom. The second-order valence-corrected chi connectivity index (χ2v) is 6.68. The number of benzene rings is 3. The van der Waals surface area contributed by atoms with Gasteiger partial charge in [0.1, 0.15) is 0 Å². The average molecular weight is 397 g/mol. The molecule has 5 rings (SSSR count). The van der Waals surface area contributed by atoms with E-state index in [1.54, 1.807) is 0 Å². The summed E-state index contributed by atoms with van der Waals surface area (Å²) in [6.07, 6.45) is 3.20. The topological polar surface area (TPSA) is 15.6 Å². The number of rotatable bonds is 2. The summed E-state index contributed by atoms with van der Waals surface area (Å²) in [7, 11) is 0. The molecular weight excluding hydrogens is 364 g/mol. The fourth-order valence-electron chi connectivity index (χ4n) is 4.08. The first-order valence-corrected chi connectivity index (χ1v) is 11.2. The highest BCUT2D eigenvalue weighted by Crippen LogP contribution is 2.49. The van der Waals surface area contributed by atoms with Gasteiger partial charge >= 0.3 is 0 Å². The molecule has 154 valence electrons. The van der Waals surface area contributed by atoms with Crippen LogP contribution in [0.1, 0.15) is 57.7 Å². The van der Waals surface area contributed by atoms with Crippen LogP contribution < -0.4 is 4.90 Å². The highest BCUT2D eigenvalue weighted by Gasteiger charge is 2.28. The monoisotopic (exact) mass is 396 g/mol. The van der Waals surface area contributed by atoms with E-state index < -0.39 is 0 Å². The molecular formula is C28H32N2. The van der Waals surface area contributed by atoms with Crippen molar-refractivity contribution in [3.63, 3.8) is 0 Å². The Morgan fingerprint density at radius 3 is 2.17 bits per heavy atom. The van der Waals surface area contributed by atoms with Gasteiger partial charge in [0.2, 0.25) is 0 Å². The summed E-state index contributed by atoms with van der Waals surface area (Å²) in [6, 6.07) is 25.7. The highest BCUT2D eigenvalue weighted by atomic mass is 15.1. The van der Waals surface area contributed by atoms with Gasteiger partial charge in [-0.25, -0.2) is 0 Å². The van der Waals surface area contributed by atoms with Crippen LogP contribution in [0.2, 0.25) is 0 Å². The second kappa shape index (κ2) is 10.1. The molecule has 2 aliphatic rings. The zero-order chi connectivity index (χ0) is 21.5. The number of hydrogen-bond donors (Lipinski definition) is 0. The van der Waals surface area contributed by atoms with Crippen molar-refractivity contribution in [3.05, 3.63) is 95.6 Å². The van der Waals surface area contributed by atoms with E-state index in [1.807, 2.05) is 27.7 Å². The Morgan fingerprint density at radius 2 is 1.43 bits per heavy atom. The Hall–Kier alpha value is -3.13. The normalized spacial score (nSPS) is 13.2. The van der Waals surface area contributed by atoms with Gasteiger partial charge in [0.05, 0.1) is 17.1 Å². The number of aliphatic imine (C=N–C) groups is 1. The molecule has 0 amide bonds. The number of anilines is 2. The summed E-state index contributed by atoms with van der Waals surface area (Å²) in [5, 5.41) is 0. The minimum absolute atomic E-state index is 0.841. The van der Waals surface area contributed by atoms with E-state index >= 15 is 0 Å². The van der Waals surface area contributed by atoms with E-state index in [1.165, 1.54) is 33.6 Å². The zero-order valence-corrected chi connectivity index (χ0v) is 18.8. The minimum atomic E-state index is 0.841. The Kier molecular flexibility index (Phi) is 7.24. The third-order valence-electron chi connectivity index (χ3n) is 5.24. The maximum Gasteiger partial charge on any atom is 0.0732 e. The van der Waals surface area contributed by atoms with E-state index in [0.717, 1.165) is 24.4 Å². The fourth-order valence-corrected chi connectivity index (χ4v) is 4.08. The summed E-state index contributed by atoms with van der Waals surface area (Å²) >= 11 is 0. The van der Waals surface area contributed by atoms with Gasteiger partial charge in [-0.15, -0.1) is 0 Å². The number of hydrogen-bond acceptors (Lipinski definition) is 2. The lowest BCUT2D eigenvalue weighted by Gasteiger charge is -2.34. The Bertz CT molecular complexity index is 1050. The molecule has 0 saturated carbocycles. The lowest BCUT2D eigenvalue weighted by molar-refractivity contribution is 1.01. The van der Waals surface area contributed by atoms with E-state index in [2.05, 4.69) is 90.7 Å². The first-order chi connectivity index (χ1) is 14.9. The molecule has 0 aliphatic carbocycles. The third-order valence-corrected chi connectivity index (χ3v) is 5.24. The maximum absolute atomic E-state index is 5.08. The van der Waals surface area contributed by atoms with Crippen molar-refractivity contribution in [2.75, 3.05) is 11.4 Å². The van der Waals surface area contributed by atoms with E-state index in [-0.39, 0.29) is 0 Å². The Labute approximate surface area is 181 Å². The van der Waals surface area contributed by atoms with Crippen LogP contribution >= 0.6 is 0 Å². The number of para-hydroxylation sites is 1. The molecule has 3 aromatic carbocycles. The molecule has 30 heavy (non-hydrogen) atoms. The van der Waals surface area contributed by atoms with E-state index in [4.69, 9.17) is 4.99 Å². The molecule has 0 unspecified atom stereocenters. The molecule has 0 N–H and O–H groups in total. The molecule has 0 bridgehead atoms. The molecule has 2 aliphatic heterocycles. The molecule has 0 fully saturated rings. The van der Waals surface area contributed by atoms with Gasteiger partial charge in [0.15, 0.2) is 0 Å². The van der Waals surface area contributed by atoms with Gasteiger partial charge in [-0.2, -0.15) is 0 Å². The molecule has 0 radical (unpaired) electrons. The third kappa shape index (κ3) is 3.82. The lowest BCUT2D eigenvalue weighted by atomic mass is 9.88. The summed E-state index contributed by atoms with van der Waals surface area (Å²) in [5.74, 6) is 0. The van der Waals surface area contributed by atoms with Crippen LogP contribution in [0.3, 0.4) is 0 Å². The van der Waals surface area contributed by atoms with Crippen LogP contribution in [0.4, 0.5) is 17.1 Å². The first-order valence-electron chi connectivity index (χ1n) is 11.2. The van der Waals surface area contributed by atoms with Crippen LogP contribution in [-0.4, -0.2) is 12.3 Å². The van der Waals surface area contributed by atoms with Crippen molar-refractivity contribution in [1.82, 2.24) is 0 Å². The number of fused-ring (bicyclic) bond motifs is 2. The average Bonchev–Trinajstić information content (AvgIpc) is 3.04. The molecule has 2 heteroatoms. The predicted octanol–water partition coefficient (Wildman–Crippen LogP) is 8.17. The molecule has 0 aromatic heterocycles. The van der Waals surface area contributed by atoms with Crippen LogP contribution in [0.15, 0.2) is 83.9 Å². The first kappa shape index (κ1) is 21.6. The molecule has 0 saturated heterocycles. The van der Waals surface area contributed by atoms with Gasteiger partial charge < -0.3 is 4.90 Å². The van der Waals surface area contributed by atoms with Crippen LogP contribution in [0.5, 0.6) is 0 Å². The number of nitrogens with zero attached hydrogens (tertiary/aromatic N) is 2. The number of allylic oxidation sites excluding steroid dienone is 1. The lowest BCUT2D eigenvalue weighted by Crippen LogP contribution is -2.22. The van der Waals surface area contributed by atoms with Crippen LogP contribution in [0, 0.1) is 0 Å². The van der Waals surface area contributed by atoms with E-state index in [9.17, 15) is 0 Å². The van der Waals surface area contributed by atoms with Crippen molar-refractivity contribution in [3.8, 4) is 0 Å². The summed E-state index contributed by atoms with van der Waals surface area (Å²) in [4.78, 5) is 7.48. The van der Waals surface area contributed by atoms with Gasteiger partial charge in [0, 0.05) is 29.8 Å². The van der Waals surface area contributed by atoms with Crippen molar-refractivity contribution >= 4 is 28.3 Å². The van der Waals surface area contributed by atoms with E-state index in [0.29, 0.717) is 0 Å². The van der Waals surface area contributed by atoms with Gasteiger partial charge in [-0.1, -0.05) is 88.4 Å². The molecule has 0 spiro atoms. The van der Waals surface area contributed by atoms with Crippen molar-refractivity contribution in [2.24, 2.45) is 4.99 Å². The minimum Gasteiger partial charge on any atom is -0.341 e. The van der Waals surface area contributed by atoms with Gasteiger partial charge in [0.25, 0.3) is 0 Å². The van der Waals surface area contributed by atoms with Crippen molar-refractivity contribution in [1.29, 1.82) is 0 Å². The molecule has 3 aromatic rings. The smallest absolute Gasteiger partial charge is 0.0732 e. The summed E-state index contributed by atoms with van der Waals surface area (Å²) in [5.41, 5.74) is 9.81. The van der Waals surface area contributed by atoms with Crippen molar-refractivity contribution in [2.45, 2.75) is 41.0 Å². The highest BCUT2D eigenvalue weighted by molar-refractivity contribution is 6.09. The van der Waals surface area contributed by atoms with Gasteiger partial charge in [-0.3, -0.25) is 4.99 Å². The second-order valence-electron chi connectivity index (χ2n) is 6.68. The van der Waals surface area contributed by atoms with Crippen molar-refractivity contribution < 1.29 is 0 Å². The maximum atomic E-state index is 5.08. The standard InChI is InChI=1S/C24H20N2.2C2H6/c1-2-26-22-13-7-6-11-18(22)19-15-16-20(17-9-4-3-5-10-17)25-21-12-8-14-23(26)24(19)21;2*1-2/h3-15H,2,16H2,1H3;2*1-2H3. The zero-order valence-electron chi connectivity index (χ0n) is 18.8.